The zero-order chi connectivity index (χ0) is 35.2. The van der Waals surface area contributed by atoms with E-state index in [0.717, 1.165) is 30.8 Å². The Balaban J connectivity index is 1.26. The number of carbonyl (C=O) groups is 2. The van der Waals surface area contributed by atoms with Crippen LogP contribution >= 0.6 is 0 Å². The quantitative estimate of drug-likeness (QED) is 0.247. The number of fused-ring (bicyclic) bond motifs is 2. The fourth-order valence-electron chi connectivity index (χ4n) is 7.31. The number of hydrogen-bond acceptors (Lipinski definition) is 8. The van der Waals surface area contributed by atoms with Crippen molar-refractivity contribution in [2.75, 3.05) is 38.0 Å². The number of hydrogen-bond donors (Lipinski definition) is 1. The van der Waals surface area contributed by atoms with Gasteiger partial charge >= 0.3 is 0 Å². The van der Waals surface area contributed by atoms with Crippen molar-refractivity contribution >= 4 is 23.2 Å². The van der Waals surface area contributed by atoms with E-state index in [-0.39, 0.29) is 30.4 Å². The van der Waals surface area contributed by atoms with Gasteiger partial charge in [0.15, 0.2) is 11.5 Å². The standard InChI is InChI=1S/C39H40N6O6/c1-25-16-26-6-4-5-7-27(26)21-44(25)38(47)32-19-37-36(50-24-51-37)18-31(32)34-17-33(35(42(34)3)23-43-12-14-49-15-13-43)39(48)45(29-20-40-41(2)22-29)28-8-10-30(46)11-9-28/h4-11,17-20,22,25,46H,12-16,21,23-24H2,1-3H3/t25-/m1/s1. The molecular weight excluding hydrogens is 648 g/mol. The second-order valence-corrected chi connectivity index (χ2v) is 13.4. The minimum Gasteiger partial charge on any atom is -0.508 e. The molecule has 0 radical (unpaired) electrons. The van der Waals surface area contributed by atoms with Gasteiger partial charge in [0.2, 0.25) is 6.79 Å². The molecule has 0 spiro atoms. The average molecular weight is 689 g/mol. The summed E-state index contributed by atoms with van der Waals surface area (Å²) >= 11 is 0. The zero-order valence-corrected chi connectivity index (χ0v) is 28.9. The number of phenols is 1. The van der Waals surface area contributed by atoms with Crippen LogP contribution in [0.4, 0.5) is 11.4 Å². The largest absolute Gasteiger partial charge is 0.508 e. The van der Waals surface area contributed by atoms with Crippen molar-refractivity contribution in [3.63, 3.8) is 0 Å². The lowest BCUT2D eigenvalue weighted by Crippen LogP contribution is -2.42. The molecule has 5 aromatic rings. The maximum atomic E-state index is 15.0. The molecule has 1 atom stereocenters. The molecule has 5 heterocycles. The molecule has 0 aliphatic carbocycles. The normalized spacial score (nSPS) is 17.0. The molecule has 1 saturated heterocycles. The van der Waals surface area contributed by atoms with Crippen LogP contribution in [0.2, 0.25) is 0 Å². The molecule has 3 aliphatic rings. The first kappa shape index (κ1) is 32.6. The summed E-state index contributed by atoms with van der Waals surface area (Å²) in [5.74, 6) is 0.771. The Morgan fingerprint density at radius 3 is 2.37 bits per heavy atom. The molecule has 2 aromatic heterocycles. The number of carbonyl (C=O) groups excluding carboxylic acids is 2. The monoisotopic (exact) mass is 688 g/mol. The number of amides is 2. The summed E-state index contributed by atoms with van der Waals surface area (Å²) in [6.45, 7) is 5.78. The van der Waals surface area contributed by atoms with E-state index in [1.807, 2.05) is 40.8 Å². The van der Waals surface area contributed by atoms with E-state index in [9.17, 15) is 14.7 Å². The summed E-state index contributed by atoms with van der Waals surface area (Å²) in [6.07, 6.45) is 4.18. The highest BCUT2D eigenvalue weighted by molar-refractivity contribution is 6.12. The zero-order valence-electron chi connectivity index (χ0n) is 28.9. The van der Waals surface area contributed by atoms with Crippen LogP contribution in [-0.2, 0) is 38.3 Å². The molecule has 0 unspecified atom stereocenters. The summed E-state index contributed by atoms with van der Waals surface area (Å²) in [4.78, 5) is 35.4. The second-order valence-electron chi connectivity index (χ2n) is 13.4. The van der Waals surface area contributed by atoms with Crippen molar-refractivity contribution in [1.29, 1.82) is 0 Å². The van der Waals surface area contributed by atoms with Gasteiger partial charge in [0.25, 0.3) is 11.8 Å². The van der Waals surface area contributed by atoms with Gasteiger partial charge in [0, 0.05) is 75.2 Å². The van der Waals surface area contributed by atoms with Crippen LogP contribution in [-0.4, -0.2) is 80.2 Å². The van der Waals surface area contributed by atoms with Crippen molar-refractivity contribution in [1.82, 2.24) is 24.1 Å². The first-order chi connectivity index (χ1) is 24.7. The molecule has 262 valence electrons. The van der Waals surface area contributed by atoms with Gasteiger partial charge in [-0.25, -0.2) is 0 Å². The van der Waals surface area contributed by atoms with Gasteiger partial charge in [-0.2, -0.15) is 5.10 Å². The number of ether oxygens (including phenoxy) is 3. The lowest BCUT2D eigenvalue weighted by atomic mass is 9.93. The number of morpholine rings is 1. The maximum absolute atomic E-state index is 15.0. The SMILES string of the molecule is C[C@@H]1Cc2ccccc2CN1C(=O)c1cc2c(cc1-c1cc(C(=O)N(c3ccc(O)cc3)c3cnn(C)c3)c(CN3CCOCC3)n1C)OCO2. The predicted molar refractivity (Wildman–Crippen MR) is 190 cm³/mol. The highest BCUT2D eigenvalue weighted by Gasteiger charge is 2.34. The molecule has 0 saturated carbocycles. The van der Waals surface area contributed by atoms with Crippen molar-refractivity contribution < 1.29 is 28.9 Å². The summed E-state index contributed by atoms with van der Waals surface area (Å²) < 4.78 is 20.9. The molecule has 3 aromatic carbocycles. The number of benzene rings is 3. The van der Waals surface area contributed by atoms with Gasteiger partial charge in [-0.15, -0.1) is 0 Å². The fraction of sp³-hybridized carbons (Fsp3) is 0.308. The third kappa shape index (κ3) is 6.10. The predicted octanol–water partition coefficient (Wildman–Crippen LogP) is 5.26. The lowest BCUT2D eigenvalue weighted by molar-refractivity contribution is 0.0332. The molecule has 8 rings (SSSR count). The van der Waals surface area contributed by atoms with Crippen molar-refractivity contribution in [2.45, 2.75) is 32.5 Å². The number of aryl methyl sites for hydroxylation is 1. The van der Waals surface area contributed by atoms with E-state index in [1.54, 1.807) is 59.4 Å². The molecule has 51 heavy (non-hydrogen) atoms. The number of phenolic OH excluding ortho intramolecular Hbond substituents is 1. The Kier molecular flexibility index (Phi) is 8.48. The van der Waals surface area contributed by atoms with Gasteiger partial charge in [-0.3, -0.25) is 24.1 Å². The van der Waals surface area contributed by atoms with Crippen LogP contribution in [0.25, 0.3) is 11.3 Å². The number of rotatable bonds is 7. The minimum absolute atomic E-state index is 0.0218. The maximum Gasteiger partial charge on any atom is 0.264 e. The molecule has 3 aliphatic heterocycles. The third-order valence-electron chi connectivity index (χ3n) is 10.1. The molecule has 1 fully saturated rings. The lowest BCUT2D eigenvalue weighted by Gasteiger charge is -2.35. The van der Waals surface area contributed by atoms with Gasteiger partial charge < -0.3 is 28.8 Å². The third-order valence-corrected chi connectivity index (χ3v) is 10.1. The number of anilines is 2. The van der Waals surface area contributed by atoms with Crippen LogP contribution < -0.4 is 14.4 Å². The topological polar surface area (TPSA) is 115 Å². The van der Waals surface area contributed by atoms with Gasteiger partial charge in [-0.1, -0.05) is 24.3 Å². The van der Waals surface area contributed by atoms with Gasteiger partial charge in [0.05, 0.1) is 36.2 Å². The van der Waals surface area contributed by atoms with Crippen molar-refractivity contribution in [3.8, 4) is 28.5 Å². The van der Waals surface area contributed by atoms with E-state index in [2.05, 4.69) is 29.1 Å². The molecule has 2 amide bonds. The summed E-state index contributed by atoms with van der Waals surface area (Å²) in [6, 6.07) is 20.3. The summed E-state index contributed by atoms with van der Waals surface area (Å²) in [5.41, 5.74) is 6.64. The Labute approximate surface area is 296 Å². The summed E-state index contributed by atoms with van der Waals surface area (Å²) in [7, 11) is 3.74. The smallest absolute Gasteiger partial charge is 0.264 e. The van der Waals surface area contributed by atoms with E-state index >= 15 is 0 Å². The average Bonchev–Trinajstić information content (AvgIpc) is 3.87. The van der Waals surface area contributed by atoms with E-state index in [4.69, 9.17) is 14.2 Å². The number of aromatic hydroxyl groups is 1. The molecule has 1 N–H and O–H groups in total. The van der Waals surface area contributed by atoms with Crippen LogP contribution in [0.3, 0.4) is 0 Å². The second kappa shape index (κ2) is 13.3. The highest BCUT2D eigenvalue weighted by atomic mass is 16.7. The molecule has 12 nitrogen and oxygen atoms in total. The molecule has 12 heteroatoms. The number of aromatic nitrogens is 3. The number of nitrogens with zero attached hydrogens (tertiary/aromatic N) is 6. The van der Waals surface area contributed by atoms with Gasteiger partial charge in [0.1, 0.15) is 5.75 Å². The van der Waals surface area contributed by atoms with Crippen molar-refractivity contribution in [2.24, 2.45) is 14.1 Å². The van der Waals surface area contributed by atoms with Crippen LogP contribution in [0.1, 0.15) is 44.5 Å². The van der Waals surface area contributed by atoms with Crippen molar-refractivity contribution in [3.05, 3.63) is 107 Å². The van der Waals surface area contributed by atoms with Crippen LogP contribution in [0.15, 0.2) is 79.1 Å². The molecular formula is C39H40N6O6. The Bertz CT molecular complexity index is 2110. The van der Waals surface area contributed by atoms with E-state index in [0.29, 0.717) is 71.6 Å². The van der Waals surface area contributed by atoms with Gasteiger partial charge in [-0.05, 0) is 66.9 Å². The Morgan fingerprint density at radius 1 is 0.922 bits per heavy atom. The van der Waals surface area contributed by atoms with Crippen LogP contribution in [0, 0.1) is 0 Å². The first-order valence-corrected chi connectivity index (χ1v) is 17.2. The summed E-state index contributed by atoms with van der Waals surface area (Å²) in [5, 5.41) is 14.4. The highest BCUT2D eigenvalue weighted by Crippen LogP contribution is 2.42. The van der Waals surface area contributed by atoms with E-state index in [1.165, 1.54) is 5.56 Å². The minimum atomic E-state index is -0.270. The van der Waals surface area contributed by atoms with E-state index < -0.39 is 0 Å². The Hall–Kier alpha value is -5.59. The van der Waals surface area contributed by atoms with Crippen LogP contribution in [0.5, 0.6) is 17.2 Å². The Morgan fingerprint density at radius 2 is 1.65 bits per heavy atom. The fourth-order valence-corrected chi connectivity index (χ4v) is 7.31. The molecule has 0 bridgehead atoms. The first-order valence-electron chi connectivity index (χ1n) is 17.2.